The highest BCUT2D eigenvalue weighted by Gasteiger charge is 2.15. The van der Waals surface area contributed by atoms with E-state index in [-0.39, 0.29) is 11.7 Å². The number of hydrogen-bond acceptors (Lipinski definition) is 3. The second-order valence-corrected chi connectivity index (χ2v) is 6.80. The molecule has 1 N–H and O–H groups in total. The van der Waals surface area contributed by atoms with Crippen LogP contribution in [0.4, 0.5) is 5.69 Å². The summed E-state index contributed by atoms with van der Waals surface area (Å²) >= 11 is 3.29. The smallest absolute Gasteiger partial charge is 0.233 e. The quantitative estimate of drug-likeness (QED) is 0.907. The molecule has 0 fully saturated rings. The van der Waals surface area contributed by atoms with Crippen molar-refractivity contribution in [2.24, 2.45) is 5.92 Å². The van der Waals surface area contributed by atoms with E-state index in [0.717, 1.165) is 4.47 Å². The Bertz CT molecular complexity index is 485. The molecule has 96 valence electrons. The van der Waals surface area contributed by atoms with Crippen LogP contribution in [0.5, 0.6) is 5.75 Å². The van der Waals surface area contributed by atoms with Crippen LogP contribution in [0, 0.1) is 5.92 Å². The van der Waals surface area contributed by atoms with Crippen molar-refractivity contribution in [1.29, 1.82) is 0 Å². The standard InChI is InChI=1S/C11H16BrNO3S/c1-8(2)7-17(14,15)13-10-6-9(12)4-5-11(10)16-3/h4-6,8,13H,7H2,1-3H3. The Labute approximate surface area is 111 Å². The number of anilines is 1. The van der Waals surface area contributed by atoms with Gasteiger partial charge in [0, 0.05) is 4.47 Å². The van der Waals surface area contributed by atoms with Gasteiger partial charge in [0.2, 0.25) is 10.0 Å². The highest BCUT2D eigenvalue weighted by molar-refractivity contribution is 9.10. The maximum absolute atomic E-state index is 11.8. The van der Waals surface area contributed by atoms with Gasteiger partial charge in [-0.2, -0.15) is 0 Å². The van der Waals surface area contributed by atoms with Gasteiger partial charge in [0.25, 0.3) is 0 Å². The molecule has 0 aliphatic carbocycles. The van der Waals surface area contributed by atoms with Crippen molar-refractivity contribution in [1.82, 2.24) is 0 Å². The second kappa shape index (κ2) is 5.73. The lowest BCUT2D eigenvalue weighted by atomic mass is 10.3. The van der Waals surface area contributed by atoms with Gasteiger partial charge >= 0.3 is 0 Å². The van der Waals surface area contributed by atoms with Gasteiger partial charge in [-0.3, -0.25) is 4.72 Å². The summed E-state index contributed by atoms with van der Waals surface area (Å²) in [5.41, 5.74) is 0.447. The van der Waals surface area contributed by atoms with E-state index in [9.17, 15) is 8.42 Å². The average Bonchev–Trinajstić information content (AvgIpc) is 2.14. The first kappa shape index (κ1) is 14.3. The number of ether oxygens (including phenoxy) is 1. The van der Waals surface area contributed by atoms with Crippen LogP contribution in [0.1, 0.15) is 13.8 Å². The van der Waals surface area contributed by atoms with E-state index >= 15 is 0 Å². The van der Waals surface area contributed by atoms with Crippen LogP contribution in [0.25, 0.3) is 0 Å². The fraction of sp³-hybridized carbons (Fsp3) is 0.455. The Morgan fingerprint density at radius 1 is 1.41 bits per heavy atom. The van der Waals surface area contributed by atoms with Crippen molar-refractivity contribution in [3.8, 4) is 5.75 Å². The van der Waals surface area contributed by atoms with Gasteiger partial charge in [-0.1, -0.05) is 29.8 Å². The second-order valence-electron chi connectivity index (χ2n) is 4.12. The first-order valence-electron chi connectivity index (χ1n) is 5.18. The molecular formula is C11H16BrNO3S. The SMILES string of the molecule is COc1ccc(Br)cc1NS(=O)(=O)CC(C)C. The molecular weight excluding hydrogens is 306 g/mol. The molecule has 1 rings (SSSR count). The Balaban J connectivity index is 2.98. The predicted octanol–water partition coefficient (Wildman–Crippen LogP) is 2.86. The topological polar surface area (TPSA) is 55.4 Å². The third kappa shape index (κ3) is 4.55. The van der Waals surface area contributed by atoms with E-state index in [1.54, 1.807) is 18.2 Å². The molecule has 0 saturated heterocycles. The summed E-state index contributed by atoms with van der Waals surface area (Å²) in [7, 11) is -1.83. The first-order valence-corrected chi connectivity index (χ1v) is 7.62. The summed E-state index contributed by atoms with van der Waals surface area (Å²) in [5.74, 6) is 0.661. The summed E-state index contributed by atoms with van der Waals surface area (Å²) < 4.78 is 32.0. The zero-order valence-corrected chi connectivity index (χ0v) is 12.4. The summed E-state index contributed by atoms with van der Waals surface area (Å²) in [6, 6.07) is 5.17. The van der Waals surface area contributed by atoms with Gasteiger partial charge in [0.05, 0.1) is 18.6 Å². The lowest BCUT2D eigenvalue weighted by molar-refractivity contribution is 0.417. The summed E-state index contributed by atoms with van der Waals surface area (Å²) in [6.07, 6.45) is 0. The van der Waals surface area contributed by atoms with Gasteiger partial charge in [-0.05, 0) is 24.1 Å². The Hall–Kier alpha value is -0.750. The Kier molecular flexibility index (Phi) is 4.82. The van der Waals surface area contributed by atoms with Crippen molar-refractivity contribution >= 4 is 31.6 Å². The minimum Gasteiger partial charge on any atom is -0.495 e. The van der Waals surface area contributed by atoms with Crippen molar-refractivity contribution < 1.29 is 13.2 Å². The molecule has 0 atom stereocenters. The molecule has 0 saturated carbocycles. The van der Waals surface area contributed by atoms with Crippen molar-refractivity contribution in [3.05, 3.63) is 22.7 Å². The predicted molar refractivity (Wildman–Crippen MR) is 72.9 cm³/mol. The van der Waals surface area contributed by atoms with Gasteiger partial charge < -0.3 is 4.74 Å². The fourth-order valence-corrected chi connectivity index (χ4v) is 3.22. The van der Waals surface area contributed by atoms with Gasteiger partial charge in [0.1, 0.15) is 5.75 Å². The minimum atomic E-state index is -3.33. The number of methoxy groups -OCH3 is 1. The van der Waals surface area contributed by atoms with Crippen molar-refractivity contribution in [2.45, 2.75) is 13.8 Å². The molecule has 0 radical (unpaired) electrons. The van der Waals surface area contributed by atoms with Crippen LogP contribution < -0.4 is 9.46 Å². The summed E-state index contributed by atoms with van der Waals surface area (Å²) in [6.45, 7) is 3.72. The van der Waals surface area contributed by atoms with E-state index in [1.807, 2.05) is 13.8 Å². The van der Waals surface area contributed by atoms with Crippen molar-refractivity contribution in [3.63, 3.8) is 0 Å². The molecule has 0 aliphatic rings. The molecule has 0 bridgehead atoms. The van der Waals surface area contributed by atoms with E-state index in [4.69, 9.17) is 4.74 Å². The number of rotatable bonds is 5. The van der Waals surface area contributed by atoms with Crippen LogP contribution in [-0.4, -0.2) is 21.3 Å². The Morgan fingerprint density at radius 3 is 2.59 bits per heavy atom. The zero-order valence-electron chi connectivity index (χ0n) is 10.0. The van der Waals surface area contributed by atoms with E-state index < -0.39 is 10.0 Å². The van der Waals surface area contributed by atoms with Crippen LogP contribution in [0.3, 0.4) is 0 Å². The molecule has 0 aliphatic heterocycles. The molecule has 0 aromatic heterocycles. The highest BCUT2D eigenvalue weighted by Crippen LogP contribution is 2.28. The first-order chi connectivity index (χ1) is 7.84. The largest absolute Gasteiger partial charge is 0.495 e. The maximum atomic E-state index is 11.8. The molecule has 6 heteroatoms. The summed E-state index contributed by atoms with van der Waals surface area (Å²) in [5, 5.41) is 0. The molecule has 0 amide bonds. The average molecular weight is 322 g/mol. The molecule has 17 heavy (non-hydrogen) atoms. The fourth-order valence-electron chi connectivity index (χ4n) is 1.41. The maximum Gasteiger partial charge on any atom is 0.233 e. The summed E-state index contributed by atoms with van der Waals surface area (Å²) in [4.78, 5) is 0. The highest BCUT2D eigenvalue weighted by atomic mass is 79.9. The Morgan fingerprint density at radius 2 is 2.06 bits per heavy atom. The lowest BCUT2D eigenvalue weighted by Crippen LogP contribution is -2.20. The third-order valence-corrected chi connectivity index (χ3v) is 4.11. The van der Waals surface area contributed by atoms with Gasteiger partial charge in [0.15, 0.2) is 0 Å². The van der Waals surface area contributed by atoms with Gasteiger partial charge in [-0.25, -0.2) is 8.42 Å². The number of hydrogen-bond donors (Lipinski definition) is 1. The monoisotopic (exact) mass is 321 g/mol. The van der Waals surface area contributed by atoms with Gasteiger partial charge in [-0.15, -0.1) is 0 Å². The molecule has 0 unspecified atom stereocenters. The molecule has 1 aromatic carbocycles. The lowest BCUT2D eigenvalue weighted by Gasteiger charge is -2.13. The van der Waals surface area contributed by atoms with Crippen LogP contribution in [0.15, 0.2) is 22.7 Å². The number of nitrogens with one attached hydrogen (secondary N) is 1. The normalized spacial score (nSPS) is 11.6. The molecule has 4 nitrogen and oxygen atoms in total. The number of halogens is 1. The van der Waals surface area contributed by atoms with E-state index in [1.165, 1.54) is 7.11 Å². The van der Waals surface area contributed by atoms with Crippen LogP contribution in [-0.2, 0) is 10.0 Å². The molecule has 0 heterocycles. The minimum absolute atomic E-state index is 0.0747. The molecule has 0 spiro atoms. The van der Waals surface area contributed by atoms with Crippen molar-refractivity contribution in [2.75, 3.05) is 17.6 Å². The van der Waals surface area contributed by atoms with Crippen LogP contribution in [0.2, 0.25) is 0 Å². The van der Waals surface area contributed by atoms with Crippen LogP contribution >= 0.6 is 15.9 Å². The van der Waals surface area contributed by atoms with E-state index in [2.05, 4.69) is 20.7 Å². The molecule has 1 aromatic rings. The zero-order chi connectivity index (χ0) is 13.1. The number of sulfonamides is 1. The number of benzene rings is 1. The van der Waals surface area contributed by atoms with E-state index in [0.29, 0.717) is 11.4 Å². The third-order valence-electron chi connectivity index (χ3n) is 1.98.